The lowest BCUT2D eigenvalue weighted by Crippen LogP contribution is -2.44. The SMILES string of the molecule is CC(C)(C)CN1CCC2(CC1)CC(C(=O)O)c1ccccc12.[HH]. The standard InChI is InChI=1S/C19H27NO2.H2/c1-18(2,3)13-20-10-8-19(9-11-20)12-15(17(21)22)14-6-4-5-7-16(14)19;/h4-7,15H,8-13H2,1-3H3,(H,21,22);1H. The lowest BCUT2D eigenvalue weighted by atomic mass is 9.73. The van der Waals surface area contributed by atoms with Crippen molar-refractivity contribution in [2.24, 2.45) is 5.41 Å². The van der Waals surface area contributed by atoms with Crippen molar-refractivity contribution in [1.82, 2.24) is 4.90 Å². The van der Waals surface area contributed by atoms with Gasteiger partial charge in [0.15, 0.2) is 0 Å². The van der Waals surface area contributed by atoms with E-state index in [2.05, 4.69) is 37.8 Å². The molecule has 3 rings (SSSR count). The highest BCUT2D eigenvalue weighted by Gasteiger charge is 2.47. The van der Waals surface area contributed by atoms with Crippen LogP contribution in [-0.2, 0) is 10.2 Å². The molecule has 1 aliphatic carbocycles. The topological polar surface area (TPSA) is 40.5 Å². The predicted octanol–water partition coefficient (Wildman–Crippen LogP) is 3.88. The molecular formula is C19H29NO2. The number of nitrogens with zero attached hydrogens (tertiary/aromatic N) is 1. The van der Waals surface area contributed by atoms with Crippen molar-refractivity contribution in [3.05, 3.63) is 35.4 Å². The van der Waals surface area contributed by atoms with Gasteiger partial charge in [0.2, 0.25) is 0 Å². The first-order valence-corrected chi connectivity index (χ1v) is 8.35. The number of hydrogen-bond acceptors (Lipinski definition) is 2. The molecule has 1 atom stereocenters. The van der Waals surface area contributed by atoms with Crippen molar-refractivity contribution in [3.63, 3.8) is 0 Å². The third-order valence-corrected chi connectivity index (χ3v) is 5.31. The summed E-state index contributed by atoms with van der Waals surface area (Å²) >= 11 is 0. The molecule has 1 unspecified atom stereocenters. The minimum absolute atomic E-state index is 0. The zero-order valence-corrected chi connectivity index (χ0v) is 13.9. The number of carboxylic acid groups (broad SMARTS) is 1. The highest BCUT2D eigenvalue weighted by molar-refractivity contribution is 5.78. The fourth-order valence-electron chi connectivity index (χ4n) is 4.40. The summed E-state index contributed by atoms with van der Waals surface area (Å²) in [6, 6.07) is 8.22. The normalized spacial score (nSPS) is 24.4. The number of rotatable bonds is 2. The maximum atomic E-state index is 11.6. The Morgan fingerprint density at radius 2 is 1.95 bits per heavy atom. The summed E-state index contributed by atoms with van der Waals surface area (Å²) < 4.78 is 0. The Balaban J connectivity index is 0.00000192. The number of fused-ring (bicyclic) bond motifs is 2. The monoisotopic (exact) mass is 303 g/mol. The molecule has 0 aromatic heterocycles. The van der Waals surface area contributed by atoms with E-state index in [-0.39, 0.29) is 12.8 Å². The smallest absolute Gasteiger partial charge is 0.311 e. The molecule has 0 saturated carbocycles. The van der Waals surface area contributed by atoms with Gasteiger partial charge in [-0.3, -0.25) is 4.79 Å². The molecule has 22 heavy (non-hydrogen) atoms. The van der Waals surface area contributed by atoms with Crippen LogP contribution >= 0.6 is 0 Å². The minimum atomic E-state index is -0.665. The maximum Gasteiger partial charge on any atom is 0.311 e. The predicted molar refractivity (Wildman–Crippen MR) is 90.4 cm³/mol. The highest BCUT2D eigenvalue weighted by atomic mass is 16.4. The van der Waals surface area contributed by atoms with E-state index in [4.69, 9.17) is 0 Å². The largest absolute Gasteiger partial charge is 0.481 e. The van der Waals surface area contributed by atoms with Crippen molar-refractivity contribution in [2.75, 3.05) is 19.6 Å². The van der Waals surface area contributed by atoms with Crippen molar-refractivity contribution in [2.45, 2.75) is 51.4 Å². The molecule has 1 aliphatic heterocycles. The molecule has 1 N–H and O–H groups in total. The molecule has 0 amide bonds. The molecule has 1 heterocycles. The summed E-state index contributed by atoms with van der Waals surface area (Å²) in [7, 11) is 0. The van der Waals surface area contributed by atoms with E-state index in [0.29, 0.717) is 5.41 Å². The maximum absolute atomic E-state index is 11.6. The second kappa shape index (κ2) is 5.38. The van der Waals surface area contributed by atoms with Crippen LogP contribution in [0.5, 0.6) is 0 Å². The molecule has 3 heteroatoms. The van der Waals surface area contributed by atoms with Crippen molar-refractivity contribution >= 4 is 5.97 Å². The number of likely N-dealkylation sites (tertiary alicyclic amines) is 1. The van der Waals surface area contributed by atoms with Gasteiger partial charge in [0, 0.05) is 7.97 Å². The molecule has 0 bridgehead atoms. The lowest BCUT2D eigenvalue weighted by molar-refractivity contribution is -0.139. The van der Waals surface area contributed by atoms with Crippen LogP contribution < -0.4 is 0 Å². The average molecular weight is 303 g/mol. The van der Waals surface area contributed by atoms with Crippen LogP contribution in [0.15, 0.2) is 24.3 Å². The van der Waals surface area contributed by atoms with Crippen molar-refractivity contribution < 1.29 is 11.3 Å². The Morgan fingerprint density at radius 1 is 1.32 bits per heavy atom. The van der Waals surface area contributed by atoms with E-state index in [0.717, 1.165) is 44.5 Å². The first-order valence-electron chi connectivity index (χ1n) is 8.35. The molecule has 3 nitrogen and oxygen atoms in total. The Labute approximate surface area is 134 Å². The van der Waals surface area contributed by atoms with Crippen LogP contribution in [0.4, 0.5) is 0 Å². The van der Waals surface area contributed by atoms with E-state index in [1.54, 1.807) is 0 Å². The molecular weight excluding hydrogens is 274 g/mol. The second-order valence-electron chi connectivity index (χ2n) is 8.30. The van der Waals surface area contributed by atoms with Gasteiger partial charge in [-0.2, -0.15) is 0 Å². The Bertz CT molecular complexity index is 571. The summed E-state index contributed by atoms with van der Waals surface area (Å²) in [5.74, 6) is -0.980. The van der Waals surface area contributed by atoms with Crippen LogP contribution in [0.2, 0.25) is 0 Å². The fourth-order valence-corrected chi connectivity index (χ4v) is 4.40. The van der Waals surface area contributed by atoms with Crippen LogP contribution in [-0.4, -0.2) is 35.6 Å². The highest BCUT2D eigenvalue weighted by Crippen LogP contribution is 2.51. The summed E-state index contributed by atoms with van der Waals surface area (Å²) in [5.41, 5.74) is 2.77. The first-order chi connectivity index (χ1) is 10.3. The van der Waals surface area contributed by atoms with Gasteiger partial charge >= 0.3 is 5.97 Å². The van der Waals surface area contributed by atoms with Crippen LogP contribution in [0, 0.1) is 5.41 Å². The van der Waals surface area contributed by atoms with Crippen LogP contribution in [0.25, 0.3) is 0 Å². The summed E-state index contributed by atoms with van der Waals surface area (Å²) in [6.07, 6.45) is 2.96. The van der Waals surface area contributed by atoms with Crippen molar-refractivity contribution in [3.8, 4) is 0 Å². The first kappa shape index (κ1) is 15.5. The van der Waals surface area contributed by atoms with Gasteiger partial charge in [-0.1, -0.05) is 45.0 Å². The zero-order chi connectivity index (χ0) is 16.0. The summed E-state index contributed by atoms with van der Waals surface area (Å²) in [5, 5.41) is 9.57. The number of carboxylic acids is 1. The number of carbonyl (C=O) groups is 1. The molecule has 1 aromatic rings. The molecule has 1 saturated heterocycles. The van der Waals surface area contributed by atoms with E-state index < -0.39 is 5.97 Å². The van der Waals surface area contributed by atoms with E-state index in [1.165, 1.54) is 5.56 Å². The van der Waals surface area contributed by atoms with Crippen LogP contribution in [0.3, 0.4) is 0 Å². The van der Waals surface area contributed by atoms with Gasteiger partial charge in [0.05, 0.1) is 5.92 Å². The van der Waals surface area contributed by atoms with Gasteiger partial charge in [-0.25, -0.2) is 0 Å². The van der Waals surface area contributed by atoms with Gasteiger partial charge in [0.25, 0.3) is 0 Å². The Morgan fingerprint density at radius 3 is 2.55 bits per heavy atom. The molecule has 122 valence electrons. The van der Waals surface area contributed by atoms with E-state index in [9.17, 15) is 9.90 Å². The average Bonchev–Trinajstić information content (AvgIpc) is 2.76. The van der Waals surface area contributed by atoms with Gasteiger partial charge in [0.1, 0.15) is 0 Å². The number of hydrogen-bond donors (Lipinski definition) is 1. The number of piperidine rings is 1. The zero-order valence-electron chi connectivity index (χ0n) is 13.9. The van der Waals surface area contributed by atoms with Gasteiger partial charge < -0.3 is 10.0 Å². The minimum Gasteiger partial charge on any atom is -0.481 e. The Kier molecular flexibility index (Phi) is 3.80. The summed E-state index contributed by atoms with van der Waals surface area (Å²) in [4.78, 5) is 14.2. The molecule has 1 aromatic carbocycles. The van der Waals surface area contributed by atoms with E-state index in [1.807, 2.05) is 12.1 Å². The third kappa shape index (κ3) is 2.79. The Hall–Kier alpha value is -1.35. The fraction of sp³-hybridized carbons (Fsp3) is 0.632. The van der Waals surface area contributed by atoms with Crippen LogP contribution in [0.1, 0.15) is 58.5 Å². The quantitative estimate of drug-likeness (QED) is 0.901. The summed E-state index contributed by atoms with van der Waals surface area (Å²) in [6.45, 7) is 10.1. The second-order valence-corrected chi connectivity index (χ2v) is 8.30. The number of aliphatic carboxylic acids is 1. The van der Waals surface area contributed by atoms with E-state index >= 15 is 0 Å². The molecule has 1 fully saturated rings. The number of benzene rings is 1. The molecule has 1 spiro atoms. The molecule has 2 aliphatic rings. The lowest BCUT2D eigenvalue weighted by Gasteiger charge is -2.42. The molecule has 0 radical (unpaired) electrons. The third-order valence-electron chi connectivity index (χ3n) is 5.31. The van der Waals surface area contributed by atoms with Gasteiger partial charge in [-0.05, 0) is 54.3 Å². The van der Waals surface area contributed by atoms with Gasteiger partial charge in [-0.15, -0.1) is 0 Å². The van der Waals surface area contributed by atoms with Crippen molar-refractivity contribution in [1.29, 1.82) is 0 Å².